The van der Waals surface area contributed by atoms with Crippen molar-refractivity contribution in [1.29, 1.82) is 0 Å². The van der Waals surface area contributed by atoms with Crippen LogP contribution in [0.4, 0.5) is 0 Å². The predicted octanol–water partition coefficient (Wildman–Crippen LogP) is 6.40. The van der Waals surface area contributed by atoms with E-state index in [1.54, 1.807) is 6.92 Å². The van der Waals surface area contributed by atoms with Crippen LogP contribution in [0.25, 0.3) is 0 Å². The zero-order valence-electron chi connectivity index (χ0n) is 14.1. The molecule has 1 saturated carbocycles. The van der Waals surface area contributed by atoms with E-state index in [1.165, 1.54) is 44.9 Å². The molecular weight excluding hydrogens is 220 g/mol. The van der Waals surface area contributed by atoms with E-state index in [-0.39, 0.29) is 0 Å². The summed E-state index contributed by atoms with van der Waals surface area (Å²) in [6.07, 6.45) is 10.1. The van der Waals surface area contributed by atoms with Gasteiger partial charge in [0.25, 0.3) is 0 Å². The minimum absolute atomic E-state index is 0.368. The molecule has 0 spiro atoms. The zero-order valence-corrected chi connectivity index (χ0v) is 14.1. The molecule has 0 aromatic heterocycles. The lowest BCUT2D eigenvalue weighted by atomic mass is 9.86. The van der Waals surface area contributed by atoms with Gasteiger partial charge in [-0.15, -0.1) is 0 Å². The number of carbonyl (C=O) groups excluding carboxylic acids is 1. The number of carbonyl (C=O) groups is 1. The second kappa shape index (κ2) is 21.9. The molecule has 1 fully saturated rings. The highest BCUT2D eigenvalue weighted by molar-refractivity contribution is 5.75. The molecule has 1 aliphatic rings. The first-order valence-corrected chi connectivity index (χ1v) is 8.20. The molecule has 1 rings (SSSR count). The van der Waals surface area contributed by atoms with Crippen molar-refractivity contribution in [3.8, 4) is 0 Å². The fourth-order valence-electron chi connectivity index (χ4n) is 1.80. The lowest BCUT2D eigenvalue weighted by molar-refractivity contribution is -0.118. The lowest BCUT2D eigenvalue weighted by Gasteiger charge is -2.19. The fraction of sp³-hybridized carbons (Fsp3) is 0.941. The first-order valence-electron chi connectivity index (χ1n) is 8.20. The zero-order chi connectivity index (χ0) is 14.8. The third-order valence-electron chi connectivity index (χ3n) is 2.80. The van der Waals surface area contributed by atoms with Gasteiger partial charge < -0.3 is 4.79 Å². The maximum atomic E-state index is 10.7. The van der Waals surface area contributed by atoms with Crippen LogP contribution >= 0.6 is 0 Å². The Labute approximate surface area is 117 Å². The third kappa shape index (κ3) is 21.0. The number of Topliss-reactive ketones (excluding diaryl/α,β-unsaturated/α-hetero) is 1. The molecule has 1 aliphatic carbocycles. The highest BCUT2D eigenvalue weighted by atomic mass is 16.1. The summed E-state index contributed by atoms with van der Waals surface area (Å²) in [4.78, 5) is 10.7. The first-order chi connectivity index (χ1) is 8.70. The van der Waals surface area contributed by atoms with Crippen LogP contribution in [0, 0.1) is 5.92 Å². The smallest absolute Gasteiger partial charge is 0.130 e. The second-order valence-electron chi connectivity index (χ2n) is 4.41. The molecule has 0 unspecified atom stereocenters. The van der Waals surface area contributed by atoms with Gasteiger partial charge in [-0.1, -0.05) is 86.5 Å². The summed E-state index contributed by atoms with van der Waals surface area (Å²) in [5.74, 6) is 1.10. The van der Waals surface area contributed by atoms with E-state index in [1.807, 2.05) is 27.7 Å². The van der Waals surface area contributed by atoms with E-state index >= 15 is 0 Å². The van der Waals surface area contributed by atoms with Crippen LogP contribution in [0.5, 0.6) is 0 Å². The van der Waals surface area contributed by atoms with E-state index in [9.17, 15) is 4.79 Å². The number of hydrogen-bond acceptors (Lipinski definition) is 1. The van der Waals surface area contributed by atoms with Crippen molar-refractivity contribution in [3.63, 3.8) is 0 Å². The minimum atomic E-state index is 0.368. The maximum Gasteiger partial charge on any atom is 0.130 e. The normalized spacial score (nSPS) is 13.9. The van der Waals surface area contributed by atoms with Gasteiger partial charge >= 0.3 is 0 Å². The molecule has 0 aromatic carbocycles. The predicted molar refractivity (Wildman–Crippen MR) is 85.2 cm³/mol. The van der Waals surface area contributed by atoms with Gasteiger partial charge in [-0.3, -0.25) is 0 Å². The van der Waals surface area contributed by atoms with E-state index < -0.39 is 0 Å². The Morgan fingerprint density at radius 1 is 0.889 bits per heavy atom. The van der Waals surface area contributed by atoms with Gasteiger partial charge in [0.2, 0.25) is 0 Å². The van der Waals surface area contributed by atoms with Crippen molar-refractivity contribution in [2.45, 2.75) is 99.8 Å². The van der Waals surface area contributed by atoms with Crippen LogP contribution in [0.2, 0.25) is 0 Å². The van der Waals surface area contributed by atoms with Crippen LogP contribution in [0.1, 0.15) is 99.8 Å². The van der Waals surface area contributed by atoms with E-state index in [2.05, 4.69) is 13.8 Å². The van der Waals surface area contributed by atoms with Gasteiger partial charge in [0.05, 0.1) is 0 Å². The number of ketones is 1. The molecule has 0 N–H and O–H groups in total. The molecule has 0 atom stereocenters. The summed E-state index contributed by atoms with van der Waals surface area (Å²) in [5, 5.41) is 0. The molecule has 18 heavy (non-hydrogen) atoms. The maximum absolute atomic E-state index is 10.7. The van der Waals surface area contributed by atoms with Crippen molar-refractivity contribution in [1.82, 2.24) is 0 Å². The van der Waals surface area contributed by atoms with Crippen molar-refractivity contribution in [2.75, 3.05) is 0 Å². The summed E-state index contributed by atoms with van der Waals surface area (Å²) in [6.45, 7) is 14.1. The van der Waals surface area contributed by atoms with Crippen molar-refractivity contribution in [3.05, 3.63) is 0 Å². The Hall–Kier alpha value is -0.330. The number of rotatable bonds is 3. The van der Waals surface area contributed by atoms with Gasteiger partial charge in [0.1, 0.15) is 5.78 Å². The SMILES string of the molecule is CC.CC.CC(=O)CC1CCCCC1.CCCC. The van der Waals surface area contributed by atoms with Crippen molar-refractivity contribution < 1.29 is 4.79 Å². The van der Waals surface area contributed by atoms with E-state index in [0.717, 1.165) is 12.3 Å². The van der Waals surface area contributed by atoms with Crippen molar-refractivity contribution >= 4 is 5.78 Å². The first kappa shape index (κ1) is 22.8. The molecule has 0 heterocycles. The van der Waals surface area contributed by atoms with Gasteiger partial charge in [0.15, 0.2) is 0 Å². The summed E-state index contributed by atoms with van der Waals surface area (Å²) in [6, 6.07) is 0. The molecule has 112 valence electrons. The van der Waals surface area contributed by atoms with Gasteiger partial charge in [-0.05, 0) is 12.8 Å². The molecule has 0 aliphatic heterocycles. The highest BCUT2D eigenvalue weighted by Gasteiger charge is 2.14. The van der Waals surface area contributed by atoms with Gasteiger partial charge in [-0.2, -0.15) is 0 Å². The van der Waals surface area contributed by atoms with Gasteiger partial charge in [-0.25, -0.2) is 0 Å². The molecule has 1 nitrogen and oxygen atoms in total. The molecule has 1 heteroatoms. The Balaban J connectivity index is -0.000000238. The van der Waals surface area contributed by atoms with Crippen LogP contribution in [0.3, 0.4) is 0 Å². The molecule has 0 amide bonds. The highest BCUT2D eigenvalue weighted by Crippen LogP contribution is 2.26. The average Bonchev–Trinajstić information content (AvgIpc) is 2.44. The van der Waals surface area contributed by atoms with Gasteiger partial charge in [0, 0.05) is 6.42 Å². The quantitative estimate of drug-likeness (QED) is 0.572. The monoisotopic (exact) mass is 258 g/mol. The molecule has 0 radical (unpaired) electrons. The summed E-state index contributed by atoms with van der Waals surface area (Å²) in [5.41, 5.74) is 0. The Kier molecular flexibility index (Phi) is 27.8. The molecular formula is C17H38O. The molecule has 0 aromatic rings. The standard InChI is InChI=1S/C9H16O.C4H10.2C2H6/c1-8(10)7-9-5-3-2-4-6-9;1-3-4-2;2*1-2/h9H,2-7H2,1H3;3-4H2,1-2H3;2*1-2H3. The average molecular weight is 258 g/mol. The van der Waals surface area contributed by atoms with Crippen LogP contribution in [0.15, 0.2) is 0 Å². The fourth-order valence-corrected chi connectivity index (χ4v) is 1.80. The number of hydrogen-bond donors (Lipinski definition) is 0. The van der Waals surface area contributed by atoms with E-state index in [0.29, 0.717) is 5.78 Å². The largest absolute Gasteiger partial charge is 0.300 e. The minimum Gasteiger partial charge on any atom is -0.300 e. The third-order valence-corrected chi connectivity index (χ3v) is 2.80. The topological polar surface area (TPSA) is 17.1 Å². The summed E-state index contributed by atoms with van der Waals surface area (Å²) < 4.78 is 0. The Bertz CT molecular complexity index is 133. The van der Waals surface area contributed by atoms with Crippen LogP contribution < -0.4 is 0 Å². The van der Waals surface area contributed by atoms with Crippen LogP contribution in [-0.4, -0.2) is 5.78 Å². The molecule has 0 bridgehead atoms. The lowest BCUT2D eigenvalue weighted by Crippen LogP contribution is -2.09. The van der Waals surface area contributed by atoms with E-state index in [4.69, 9.17) is 0 Å². The number of unbranched alkanes of at least 4 members (excludes halogenated alkanes) is 1. The van der Waals surface area contributed by atoms with Crippen molar-refractivity contribution in [2.24, 2.45) is 5.92 Å². The van der Waals surface area contributed by atoms with Crippen LogP contribution in [-0.2, 0) is 4.79 Å². The Morgan fingerprint density at radius 3 is 1.56 bits per heavy atom. The summed E-state index contributed by atoms with van der Waals surface area (Å²) in [7, 11) is 0. The molecule has 0 saturated heterocycles. The Morgan fingerprint density at radius 2 is 1.28 bits per heavy atom. The summed E-state index contributed by atoms with van der Waals surface area (Å²) >= 11 is 0. The second-order valence-corrected chi connectivity index (χ2v) is 4.41.